The highest BCUT2D eigenvalue weighted by Gasteiger charge is 2.58. The lowest BCUT2D eigenvalue weighted by Crippen LogP contribution is -2.56. The molecule has 1 aromatic rings. The standard InChI is InChI=1S/C18H21F2N3O5/c1-26-8-13-14(23-16(25)17(13,19)20)9-28-18(15(21)24)12-7-11(27-2)4-3-10(12)5-6-22-18/h3-7,13-14,22H,8-9H2,1-2H3,(H2,21,24)(H,23,25)/t13-,14+,18?/m0/s1. The molecule has 0 aliphatic carbocycles. The molecule has 8 nitrogen and oxygen atoms in total. The maximum absolute atomic E-state index is 14.1. The molecular weight excluding hydrogens is 376 g/mol. The van der Waals surface area contributed by atoms with Crippen LogP contribution in [0.5, 0.6) is 5.75 Å². The average molecular weight is 397 g/mol. The monoisotopic (exact) mass is 397 g/mol. The fraction of sp³-hybridized carbons (Fsp3) is 0.444. The van der Waals surface area contributed by atoms with E-state index in [1.54, 1.807) is 24.3 Å². The molecular formula is C18H21F2N3O5. The summed E-state index contributed by atoms with van der Waals surface area (Å²) < 4.78 is 44.0. The number of ether oxygens (including phenoxy) is 3. The van der Waals surface area contributed by atoms with Crippen molar-refractivity contribution in [1.82, 2.24) is 10.6 Å². The van der Waals surface area contributed by atoms with E-state index in [1.165, 1.54) is 20.4 Å². The van der Waals surface area contributed by atoms with Gasteiger partial charge in [0.1, 0.15) is 5.75 Å². The Balaban J connectivity index is 1.90. The van der Waals surface area contributed by atoms with E-state index in [1.807, 2.05) is 0 Å². The van der Waals surface area contributed by atoms with Gasteiger partial charge in [0.15, 0.2) is 0 Å². The van der Waals surface area contributed by atoms with E-state index >= 15 is 0 Å². The fourth-order valence-electron chi connectivity index (χ4n) is 3.39. The van der Waals surface area contributed by atoms with E-state index in [9.17, 15) is 18.4 Å². The quantitative estimate of drug-likeness (QED) is 0.611. The van der Waals surface area contributed by atoms with Gasteiger partial charge >= 0.3 is 5.92 Å². The number of primary amides is 1. The van der Waals surface area contributed by atoms with Crippen LogP contribution in [-0.4, -0.2) is 51.2 Å². The van der Waals surface area contributed by atoms with Gasteiger partial charge in [0.2, 0.25) is 5.72 Å². The summed E-state index contributed by atoms with van der Waals surface area (Å²) >= 11 is 0. The van der Waals surface area contributed by atoms with Crippen molar-refractivity contribution in [3.8, 4) is 5.75 Å². The van der Waals surface area contributed by atoms with Crippen LogP contribution in [0.2, 0.25) is 0 Å². The van der Waals surface area contributed by atoms with Crippen LogP contribution in [0.25, 0.3) is 6.08 Å². The van der Waals surface area contributed by atoms with Crippen LogP contribution in [0.3, 0.4) is 0 Å². The number of carbonyl (C=O) groups is 2. The molecule has 1 aromatic carbocycles. The minimum Gasteiger partial charge on any atom is -0.497 e. The van der Waals surface area contributed by atoms with Crippen molar-refractivity contribution in [2.75, 3.05) is 27.4 Å². The SMILES string of the molecule is COC[C@H]1[C@@H](COC2(C(N)=O)NC=Cc3ccc(OC)cc32)NC(=O)C1(F)F. The summed E-state index contributed by atoms with van der Waals surface area (Å²) in [6, 6.07) is 3.92. The van der Waals surface area contributed by atoms with Crippen molar-refractivity contribution in [2.45, 2.75) is 17.7 Å². The number of fused-ring (bicyclic) bond motifs is 1. The molecule has 2 heterocycles. The van der Waals surface area contributed by atoms with E-state index in [0.29, 0.717) is 16.9 Å². The first-order valence-electron chi connectivity index (χ1n) is 8.50. The third-order valence-electron chi connectivity index (χ3n) is 4.93. The molecule has 2 aliphatic rings. The first-order valence-corrected chi connectivity index (χ1v) is 8.50. The second-order valence-electron chi connectivity index (χ2n) is 6.55. The maximum atomic E-state index is 14.1. The van der Waals surface area contributed by atoms with Crippen LogP contribution >= 0.6 is 0 Å². The van der Waals surface area contributed by atoms with E-state index in [2.05, 4.69) is 10.6 Å². The molecule has 1 unspecified atom stereocenters. The molecule has 1 fully saturated rings. The summed E-state index contributed by atoms with van der Waals surface area (Å²) in [5, 5.41) is 4.98. The maximum Gasteiger partial charge on any atom is 0.331 e. The Morgan fingerprint density at radius 2 is 2.04 bits per heavy atom. The number of benzene rings is 1. The minimum absolute atomic E-state index is 0.360. The first-order chi connectivity index (χ1) is 13.3. The fourth-order valence-corrected chi connectivity index (χ4v) is 3.39. The summed E-state index contributed by atoms with van der Waals surface area (Å²) in [4.78, 5) is 24.0. The Morgan fingerprint density at radius 1 is 1.29 bits per heavy atom. The molecule has 2 aliphatic heterocycles. The minimum atomic E-state index is -3.61. The number of rotatable bonds is 7. The van der Waals surface area contributed by atoms with Crippen LogP contribution in [0.15, 0.2) is 24.4 Å². The van der Waals surface area contributed by atoms with Crippen LogP contribution in [-0.2, 0) is 24.8 Å². The molecule has 10 heteroatoms. The van der Waals surface area contributed by atoms with Gasteiger partial charge in [-0.2, -0.15) is 8.78 Å². The lowest BCUT2D eigenvalue weighted by molar-refractivity contribution is -0.154. The van der Waals surface area contributed by atoms with Gasteiger partial charge in [-0.1, -0.05) is 6.07 Å². The molecule has 28 heavy (non-hydrogen) atoms. The van der Waals surface area contributed by atoms with Gasteiger partial charge in [-0.3, -0.25) is 9.59 Å². The first kappa shape index (κ1) is 20.0. The topological polar surface area (TPSA) is 112 Å². The van der Waals surface area contributed by atoms with Gasteiger partial charge in [-0.15, -0.1) is 0 Å². The third-order valence-corrected chi connectivity index (χ3v) is 4.93. The Morgan fingerprint density at radius 3 is 2.68 bits per heavy atom. The van der Waals surface area contributed by atoms with Crippen molar-refractivity contribution >= 4 is 17.9 Å². The molecule has 3 rings (SSSR count). The van der Waals surface area contributed by atoms with Gasteiger partial charge < -0.3 is 30.6 Å². The molecule has 0 spiro atoms. The van der Waals surface area contributed by atoms with Gasteiger partial charge in [-0.05, 0) is 23.8 Å². The number of amides is 2. The van der Waals surface area contributed by atoms with Crippen LogP contribution < -0.4 is 21.1 Å². The third kappa shape index (κ3) is 3.18. The van der Waals surface area contributed by atoms with Crippen molar-refractivity contribution in [2.24, 2.45) is 11.7 Å². The summed E-state index contributed by atoms with van der Waals surface area (Å²) in [7, 11) is 2.73. The highest BCUT2D eigenvalue weighted by Crippen LogP contribution is 2.37. The zero-order valence-electron chi connectivity index (χ0n) is 15.3. The Kier molecular flexibility index (Phi) is 5.26. The predicted octanol–water partition coefficient (Wildman–Crippen LogP) is 0.320. The van der Waals surface area contributed by atoms with Gasteiger partial charge in [0.05, 0.1) is 32.3 Å². The van der Waals surface area contributed by atoms with E-state index in [0.717, 1.165) is 0 Å². The van der Waals surface area contributed by atoms with Crippen LogP contribution in [0, 0.1) is 5.92 Å². The number of hydrogen-bond donors (Lipinski definition) is 3. The molecule has 4 N–H and O–H groups in total. The number of halogens is 2. The van der Waals surface area contributed by atoms with Crippen molar-refractivity contribution in [1.29, 1.82) is 0 Å². The summed E-state index contributed by atoms with van der Waals surface area (Å²) in [5.74, 6) is -6.87. The van der Waals surface area contributed by atoms with Crippen LogP contribution in [0.1, 0.15) is 11.1 Å². The van der Waals surface area contributed by atoms with Gasteiger partial charge in [0, 0.05) is 18.9 Å². The Hall–Kier alpha value is -2.72. The number of alkyl halides is 2. The highest BCUT2D eigenvalue weighted by atomic mass is 19.3. The average Bonchev–Trinajstić information content (AvgIpc) is 2.89. The number of nitrogens with one attached hydrogen (secondary N) is 2. The predicted molar refractivity (Wildman–Crippen MR) is 94.2 cm³/mol. The normalized spacial score (nSPS) is 27.6. The summed E-state index contributed by atoms with van der Waals surface area (Å²) in [6.45, 7) is -0.753. The molecule has 0 aromatic heterocycles. The Labute approximate surface area is 160 Å². The largest absolute Gasteiger partial charge is 0.497 e. The second kappa shape index (κ2) is 7.36. The molecule has 0 radical (unpaired) electrons. The number of hydrogen-bond acceptors (Lipinski definition) is 6. The molecule has 2 amide bonds. The summed E-state index contributed by atoms with van der Waals surface area (Å²) in [5.41, 5.74) is 4.82. The van der Waals surface area contributed by atoms with Gasteiger partial charge in [-0.25, -0.2) is 0 Å². The lowest BCUT2D eigenvalue weighted by atomic mass is 9.92. The van der Waals surface area contributed by atoms with E-state index in [4.69, 9.17) is 19.9 Å². The molecule has 3 atom stereocenters. The molecule has 0 saturated carbocycles. The number of nitrogens with two attached hydrogens (primary N) is 1. The van der Waals surface area contributed by atoms with Crippen LogP contribution in [0.4, 0.5) is 8.78 Å². The number of carbonyl (C=O) groups excluding carboxylic acids is 2. The smallest absolute Gasteiger partial charge is 0.331 e. The Bertz CT molecular complexity index is 816. The zero-order valence-corrected chi connectivity index (χ0v) is 15.3. The van der Waals surface area contributed by atoms with Gasteiger partial charge in [0.25, 0.3) is 11.8 Å². The summed E-state index contributed by atoms with van der Waals surface area (Å²) in [6.07, 6.45) is 3.19. The highest BCUT2D eigenvalue weighted by molar-refractivity contribution is 5.88. The van der Waals surface area contributed by atoms with E-state index < -0.39 is 42.0 Å². The lowest BCUT2D eigenvalue weighted by Gasteiger charge is -2.36. The molecule has 0 bridgehead atoms. The number of methoxy groups -OCH3 is 2. The van der Waals surface area contributed by atoms with Crippen molar-refractivity contribution in [3.05, 3.63) is 35.5 Å². The molecule has 152 valence electrons. The van der Waals surface area contributed by atoms with Crippen molar-refractivity contribution < 1.29 is 32.6 Å². The second-order valence-corrected chi connectivity index (χ2v) is 6.55. The van der Waals surface area contributed by atoms with Crippen molar-refractivity contribution in [3.63, 3.8) is 0 Å². The molecule has 1 saturated heterocycles. The zero-order chi connectivity index (χ0) is 20.5. The van der Waals surface area contributed by atoms with E-state index in [-0.39, 0.29) is 6.61 Å².